The van der Waals surface area contributed by atoms with Crippen LogP contribution in [-0.4, -0.2) is 30.7 Å². The van der Waals surface area contributed by atoms with E-state index >= 15 is 0 Å². The van der Waals surface area contributed by atoms with Gasteiger partial charge in [0, 0.05) is 19.0 Å². The molecule has 1 aromatic carbocycles. The Bertz CT molecular complexity index is 357. The van der Waals surface area contributed by atoms with Crippen LogP contribution in [0.25, 0.3) is 0 Å². The molecule has 88 valence electrons. The van der Waals surface area contributed by atoms with Crippen molar-refractivity contribution in [3.8, 4) is 0 Å². The van der Waals surface area contributed by atoms with Crippen molar-refractivity contribution < 1.29 is 13.9 Å². The maximum atomic E-state index is 12.0. The lowest BCUT2D eigenvalue weighted by atomic mass is 9.77. The molecule has 0 radical (unpaired) electrons. The molecular formula is C12H15F2NO. The molecule has 2 unspecified atom stereocenters. The summed E-state index contributed by atoms with van der Waals surface area (Å²) in [5.74, 6) is 0.404. The first-order chi connectivity index (χ1) is 7.68. The van der Waals surface area contributed by atoms with E-state index in [1.54, 1.807) is 0 Å². The zero-order chi connectivity index (χ0) is 11.5. The number of aliphatic hydroxyl groups is 1. The van der Waals surface area contributed by atoms with Crippen molar-refractivity contribution in [1.82, 2.24) is 5.32 Å². The Morgan fingerprint density at radius 2 is 2.12 bits per heavy atom. The van der Waals surface area contributed by atoms with Crippen LogP contribution in [-0.2, 0) is 6.42 Å². The van der Waals surface area contributed by atoms with Gasteiger partial charge in [-0.25, -0.2) is 8.78 Å². The molecule has 0 saturated carbocycles. The van der Waals surface area contributed by atoms with Crippen LogP contribution in [0.2, 0.25) is 0 Å². The zero-order valence-electron chi connectivity index (χ0n) is 8.87. The summed E-state index contributed by atoms with van der Waals surface area (Å²) < 4.78 is 24.0. The van der Waals surface area contributed by atoms with Crippen molar-refractivity contribution in [3.63, 3.8) is 0 Å². The minimum Gasteiger partial charge on any atom is -0.386 e. The molecule has 1 aliphatic rings. The lowest BCUT2D eigenvalue weighted by molar-refractivity contribution is -0.00338. The number of hydrogen-bond donors (Lipinski definition) is 2. The predicted molar refractivity (Wildman–Crippen MR) is 57.8 cm³/mol. The minimum absolute atomic E-state index is 0.0453. The summed E-state index contributed by atoms with van der Waals surface area (Å²) >= 11 is 0. The van der Waals surface area contributed by atoms with Crippen molar-refractivity contribution in [2.24, 2.45) is 0 Å². The van der Waals surface area contributed by atoms with Gasteiger partial charge in [-0.2, -0.15) is 0 Å². The number of hydrogen-bond acceptors (Lipinski definition) is 2. The molecular weight excluding hydrogens is 212 g/mol. The standard InChI is InChI=1S/C12H15F2NO/c13-12(14)11(16)7-15-6-9-5-8-3-1-2-4-10(8)9/h1-4,9,11-12,15-16H,5-7H2. The molecule has 0 amide bonds. The Morgan fingerprint density at radius 1 is 1.38 bits per heavy atom. The molecule has 2 atom stereocenters. The van der Waals surface area contributed by atoms with E-state index in [2.05, 4.69) is 17.4 Å². The number of halogens is 2. The van der Waals surface area contributed by atoms with Crippen LogP contribution >= 0.6 is 0 Å². The number of alkyl halides is 2. The summed E-state index contributed by atoms with van der Waals surface area (Å²) in [6.07, 6.45) is -3.23. The SMILES string of the molecule is OC(CNCC1Cc2ccccc21)C(F)F. The molecule has 0 aromatic heterocycles. The van der Waals surface area contributed by atoms with E-state index in [1.807, 2.05) is 12.1 Å². The van der Waals surface area contributed by atoms with E-state index in [-0.39, 0.29) is 6.54 Å². The fourth-order valence-electron chi connectivity index (χ4n) is 2.04. The predicted octanol–water partition coefficient (Wildman–Crippen LogP) is 1.54. The molecule has 0 aliphatic heterocycles. The lowest BCUT2D eigenvalue weighted by Crippen LogP contribution is -2.36. The molecule has 1 aromatic rings. The molecule has 4 heteroatoms. The van der Waals surface area contributed by atoms with Gasteiger partial charge in [0.15, 0.2) is 0 Å². The van der Waals surface area contributed by atoms with E-state index in [9.17, 15) is 8.78 Å². The van der Waals surface area contributed by atoms with E-state index in [0.717, 1.165) is 6.42 Å². The Hall–Kier alpha value is -1.00. The first kappa shape index (κ1) is 11.5. The molecule has 0 bridgehead atoms. The quantitative estimate of drug-likeness (QED) is 0.799. The van der Waals surface area contributed by atoms with Crippen molar-refractivity contribution in [2.45, 2.75) is 24.9 Å². The average molecular weight is 227 g/mol. The highest BCUT2D eigenvalue weighted by molar-refractivity contribution is 5.40. The number of aliphatic hydroxyl groups excluding tert-OH is 1. The summed E-state index contributed by atoms with van der Waals surface area (Å²) in [4.78, 5) is 0. The first-order valence-electron chi connectivity index (χ1n) is 5.43. The number of fused-ring (bicyclic) bond motifs is 1. The van der Waals surface area contributed by atoms with Gasteiger partial charge >= 0.3 is 0 Å². The lowest BCUT2D eigenvalue weighted by Gasteiger charge is -2.30. The third-order valence-electron chi connectivity index (χ3n) is 3.00. The van der Waals surface area contributed by atoms with E-state index < -0.39 is 12.5 Å². The number of rotatable bonds is 5. The van der Waals surface area contributed by atoms with Gasteiger partial charge in [-0.1, -0.05) is 24.3 Å². The summed E-state index contributed by atoms with van der Waals surface area (Å²) in [7, 11) is 0. The van der Waals surface area contributed by atoms with Crippen LogP contribution in [0.1, 0.15) is 17.0 Å². The normalized spacial score (nSPS) is 20.4. The summed E-state index contributed by atoms with van der Waals surface area (Å²) in [6, 6.07) is 8.14. The largest absolute Gasteiger partial charge is 0.386 e. The summed E-state index contributed by atoms with van der Waals surface area (Å²) in [5.41, 5.74) is 2.63. The number of nitrogens with one attached hydrogen (secondary N) is 1. The molecule has 1 aliphatic carbocycles. The number of benzene rings is 1. The Kier molecular flexibility index (Phi) is 3.51. The second-order valence-corrected chi connectivity index (χ2v) is 4.16. The summed E-state index contributed by atoms with van der Waals surface area (Å²) in [5, 5.41) is 11.8. The van der Waals surface area contributed by atoms with Crippen LogP contribution in [0.4, 0.5) is 8.78 Å². The van der Waals surface area contributed by atoms with Gasteiger partial charge in [-0.05, 0) is 17.5 Å². The van der Waals surface area contributed by atoms with Crippen molar-refractivity contribution in [1.29, 1.82) is 0 Å². The molecule has 16 heavy (non-hydrogen) atoms. The van der Waals surface area contributed by atoms with Gasteiger partial charge < -0.3 is 10.4 Å². The van der Waals surface area contributed by atoms with Gasteiger partial charge in [0.25, 0.3) is 6.43 Å². The fraction of sp³-hybridized carbons (Fsp3) is 0.500. The molecule has 0 heterocycles. The maximum Gasteiger partial charge on any atom is 0.265 e. The van der Waals surface area contributed by atoms with Crippen LogP contribution in [0.15, 0.2) is 24.3 Å². The minimum atomic E-state index is -2.67. The van der Waals surface area contributed by atoms with Crippen molar-refractivity contribution in [3.05, 3.63) is 35.4 Å². The van der Waals surface area contributed by atoms with Crippen molar-refractivity contribution in [2.75, 3.05) is 13.1 Å². The topological polar surface area (TPSA) is 32.3 Å². The Labute approximate surface area is 93.3 Å². The summed E-state index contributed by atoms with van der Waals surface area (Å²) in [6.45, 7) is 0.608. The average Bonchev–Trinajstić information content (AvgIpc) is 2.24. The van der Waals surface area contributed by atoms with E-state index in [0.29, 0.717) is 12.5 Å². The molecule has 0 saturated heterocycles. The zero-order valence-corrected chi connectivity index (χ0v) is 8.87. The third-order valence-corrected chi connectivity index (χ3v) is 3.00. The molecule has 2 nitrogen and oxygen atoms in total. The third kappa shape index (κ3) is 2.39. The van der Waals surface area contributed by atoms with Gasteiger partial charge in [0.05, 0.1) is 0 Å². The second kappa shape index (κ2) is 4.89. The first-order valence-corrected chi connectivity index (χ1v) is 5.43. The Balaban J connectivity index is 1.74. The van der Waals surface area contributed by atoms with Crippen LogP contribution in [0, 0.1) is 0 Å². The highest BCUT2D eigenvalue weighted by Crippen LogP contribution is 2.33. The monoisotopic (exact) mass is 227 g/mol. The van der Waals surface area contributed by atoms with Crippen LogP contribution in [0.5, 0.6) is 0 Å². The van der Waals surface area contributed by atoms with Crippen LogP contribution < -0.4 is 5.32 Å². The van der Waals surface area contributed by atoms with Gasteiger partial charge in [0.2, 0.25) is 0 Å². The second-order valence-electron chi connectivity index (χ2n) is 4.16. The van der Waals surface area contributed by atoms with E-state index in [1.165, 1.54) is 11.1 Å². The molecule has 0 fully saturated rings. The van der Waals surface area contributed by atoms with E-state index in [4.69, 9.17) is 5.11 Å². The fourth-order valence-corrected chi connectivity index (χ4v) is 2.04. The van der Waals surface area contributed by atoms with Gasteiger partial charge in [-0.15, -0.1) is 0 Å². The van der Waals surface area contributed by atoms with Gasteiger partial charge in [-0.3, -0.25) is 0 Å². The molecule has 2 N–H and O–H groups in total. The van der Waals surface area contributed by atoms with Gasteiger partial charge in [0.1, 0.15) is 6.10 Å². The Morgan fingerprint density at radius 3 is 2.81 bits per heavy atom. The molecule has 0 spiro atoms. The smallest absolute Gasteiger partial charge is 0.265 e. The van der Waals surface area contributed by atoms with Crippen molar-refractivity contribution >= 4 is 0 Å². The highest BCUT2D eigenvalue weighted by atomic mass is 19.3. The van der Waals surface area contributed by atoms with Crippen LogP contribution in [0.3, 0.4) is 0 Å². The molecule has 2 rings (SSSR count). The highest BCUT2D eigenvalue weighted by Gasteiger charge is 2.25. The maximum absolute atomic E-state index is 12.0.